The van der Waals surface area contributed by atoms with Gasteiger partial charge in [0, 0.05) is 13.1 Å². The normalized spacial score (nSPS) is 15.3. The molecule has 11 heteroatoms. The number of guanidine groups is 2. The Bertz CT molecular complexity index is 717. The minimum Gasteiger partial charge on any atom is -0.369 e. The first-order valence-corrected chi connectivity index (χ1v) is 7.45. The van der Waals surface area contributed by atoms with Crippen LogP contribution >= 0.6 is 36.4 Å². The highest BCUT2D eigenvalue weighted by molar-refractivity contribution is 6.31. The number of nitrogens with two attached hydrogens (primary N) is 2. The highest BCUT2D eigenvalue weighted by Gasteiger charge is 2.33. The molecule has 1 heterocycles. The number of benzene rings is 1. The molecule has 1 aromatic rings. The van der Waals surface area contributed by atoms with Gasteiger partial charge in [0.25, 0.3) is 0 Å². The maximum absolute atomic E-state index is 12.8. The van der Waals surface area contributed by atoms with E-state index in [0.29, 0.717) is 18.7 Å². The van der Waals surface area contributed by atoms with Crippen LogP contribution in [0.5, 0.6) is 0 Å². The van der Waals surface area contributed by atoms with E-state index in [-0.39, 0.29) is 48.3 Å². The number of hydrogen-bond donors (Lipinski definition) is 2. The summed E-state index contributed by atoms with van der Waals surface area (Å²) in [7, 11) is 0. The van der Waals surface area contributed by atoms with Crippen molar-refractivity contribution in [3.05, 3.63) is 46.0 Å². The Labute approximate surface area is 166 Å². The lowest BCUT2D eigenvalue weighted by Crippen LogP contribution is -2.37. The van der Waals surface area contributed by atoms with Gasteiger partial charge in [0.15, 0.2) is 5.96 Å². The number of halogens is 6. The summed E-state index contributed by atoms with van der Waals surface area (Å²) in [4.78, 5) is 9.72. The van der Waals surface area contributed by atoms with Crippen LogP contribution in [0.4, 0.5) is 13.2 Å². The summed E-state index contributed by atoms with van der Waals surface area (Å²) < 4.78 is 38.4. The second-order valence-corrected chi connectivity index (χ2v) is 5.79. The molecule has 5 nitrogen and oxygen atoms in total. The molecule has 0 saturated carbocycles. The molecule has 0 bridgehead atoms. The number of nitrogens with zero attached hydrogens (tertiary/aromatic N) is 3. The average molecular weight is 433 g/mol. The molecule has 26 heavy (non-hydrogen) atoms. The third-order valence-corrected chi connectivity index (χ3v) is 3.74. The number of alkyl halides is 3. The van der Waals surface area contributed by atoms with E-state index >= 15 is 0 Å². The molecule has 1 aliphatic heterocycles. The zero-order chi connectivity index (χ0) is 17.9. The summed E-state index contributed by atoms with van der Waals surface area (Å²) in [6.45, 7) is 3.22. The van der Waals surface area contributed by atoms with Gasteiger partial charge in [-0.2, -0.15) is 18.2 Å². The second kappa shape index (κ2) is 9.89. The van der Waals surface area contributed by atoms with Crippen LogP contribution in [0.15, 0.2) is 39.8 Å². The molecule has 0 atom stereocenters. The fourth-order valence-electron chi connectivity index (χ4n) is 2.15. The largest absolute Gasteiger partial charge is 0.417 e. The Kier molecular flexibility index (Phi) is 9.27. The lowest BCUT2D eigenvalue weighted by molar-refractivity contribution is -0.137. The van der Waals surface area contributed by atoms with Crippen LogP contribution in [-0.4, -0.2) is 29.9 Å². The molecule has 0 radical (unpaired) electrons. The minimum atomic E-state index is -4.52. The zero-order valence-electron chi connectivity index (χ0n) is 13.8. The Morgan fingerprint density at radius 3 is 2.46 bits per heavy atom. The predicted molar refractivity (Wildman–Crippen MR) is 103 cm³/mol. The van der Waals surface area contributed by atoms with Gasteiger partial charge in [0.1, 0.15) is 0 Å². The van der Waals surface area contributed by atoms with Crippen molar-refractivity contribution in [2.75, 3.05) is 13.1 Å². The molecule has 4 N–H and O–H groups in total. The third kappa shape index (κ3) is 6.59. The van der Waals surface area contributed by atoms with Crippen molar-refractivity contribution in [2.45, 2.75) is 19.6 Å². The van der Waals surface area contributed by atoms with Crippen molar-refractivity contribution < 1.29 is 13.2 Å². The zero-order valence-corrected chi connectivity index (χ0v) is 16.1. The van der Waals surface area contributed by atoms with Gasteiger partial charge in [0.2, 0.25) is 5.96 Å². The van der Waals surface area contributed by atoms with Gasteiger partial charge >= 0.3 is 6.18 Å². The van der Waals surface area contributed by atoms with Crippen molar-refractivity contribution >= 4 is 48.3 Å². The summed E-state index contributed by atoms with van der Waals surface area (Å²) >= 11 is 5.57. The van der Waals surface area contributed by atoms with Crippen LogP contribution < -0.4 is 11.5 Å². The van der Waals surface area contributed by atoms with E-state index in [4.69, 9.17) is 23.1 Å². The van der Waals surface area contributed by atoms with E-state index < -0.39 is 11.7 Å². The molecule has 0 saturated heterocycles. The highest BCUT2D eigenvalue weighted by Crippen LogP contribution is 2.35. The van der Waals surface area contributed by atoms with Gasteiger partial charge in [-0.25, -0.2) is 4.99 Å². The predicted octanol–water partition coefficient (Wildman–Crippen LogP) is 3.59. The lowest BCUT2D eigenvalue weighted by Gasteiger charge is -2.16. The highest BCUT2D eigenvalue weighted by atomic mass is 35.5. The minimum absolute atomic E-state index is 0. The standard InChI is InChI=1S/C15H17ClF3N5.2ClH/c1-9-4-5-24(8-9)14(21)23-13(20)22-7-10-2-3-12(16)11(6-10)15(17,18)19;;/h2-4,6H,5,7-8H2,1H3,(H4,20,21,22,23);2*1H. The van der Waals surface area contributed by atoms with Crippen LogP contribution in [0.25, 0.3) is 0 Å². The van der Waals surface area contributed by atoms with Crippen LogP contribution in [0, 0.1) is 0 Å². The Morgan fingerprint density at radius 1 is 1.27 bits per heavy atom. The van der Waals surface area contributed by atoms with E-state index in [9.17, 15) is 13.2 Å². The molecule has 1 aliphatic rings. The molecule has 0 fully saturated rings. The molecule has 0 aromatic heterocycles. The van der Waals surface area contributed by atoms with Crippen LogP contribution in [-0.2, 0) is 12.7 Å². The average Bonchev–Trinajstić information content (AvgIpc) is 2.92. The van der Waals surface area contributed by atoms with Gasteiger partial charge < -0.3 is 16.4 Å². The maximum Gasteiger partial charge on any atom is 0.417 e. The van der Waals surface area contributed by atoms with Gasteiger partial charge in [0.05, 0.1) is 17.1 Å². The molecule has 0 amide bonds. The molecule has 0 unspecified atom stereocenters. The van der Waals surface area contributed by atoms with Crippen molar-refractivity contribution in [2.24, 2.45) is 21.5 Å². The van der Waals surface area contributed by atoms with E-state index in [0.717, 1.165) is 6.07 Å². The first-order valence-electron chi connectivity index (χ1n) is 7.07. The summed E-state index contributed by atoms with van der Waals surface area (Å²) in [6, 6.07) is 3.58. The Balaban J connectivity index is 0.00000312. The fourth-order valence-corrected chi connectivity index (χ4v) is 2.38. The number of hydrogen-bond acceptors (Lipinski definition) is 1. The first kappa shape index (κ1) is 24.4. The number of rotatable bonds is 2. The SMILES string of the molecule is CC1=CCN(/C(N)=N\C(N)=NCc2ccc(Cl)c(C(F)(F)F)c2)C1.Cl.Cl. The molecular formula is C15H19Cl3F3N5. The Morgan fingerprint density at radius 2 is 1.92 bits per heavy atom. The molecule has 0 aliphatic carbocycles. The van der Waals surface area contributed by atoms with Gasteiger partial charge in [-0.05, 0) is 24.6 Å². The van der Waals surface area contributed by atoms with Crippen molar-refractivity contribution in [3.63, 3.8) is 0 Å². The molecule has 2 rings (SSSR count). The van der Waals surface area contributed by atoms with E-state index in [1.165, 1.54) is 17.7 Å². The lowest BCUT2D eigenvalue weighted by atomic mass is 10.1. The molecular weight excluding hydrogens is 414 g/mol. The summed E-state index contributed by atoms with van der Waals surface area (Å²) in [5, 5.41) is -0.359. The van der Waals surface area contributed by atoms with Crippen LogP contribution in [0.2, 0.25) is 5.02 Å². The molecule has 146 valence electrons. The van der Waals surface area contributed by atoms with Crippen molar-refractivity contribution in [1.82, 2.24) is 4.90 Å². The van der Waals surface area contributed by atoms with E-state index in [2.05, 4.69) is 9.98 Å². The molecule has 0 spiro atoms. The maximum atomic E-state index is 12.8. The topological polar surface area (TPSA) is 80.0 Å². The molecule has 1 aromatic carbocycles. The number of aliphatic imine (C=N–C) groups is 2. The monoisotopic (exact) mass is 431 g/mol. The van der Waals surface area contributed by atoms with Gasteiger partial charge in [-0.1, -0.05) is 29.3 Å². The smallest absolute Gasteiger partial charge is 0.369 e. The quantitative estimate of drug-likeness (QED) is 0.426. The van der Waals surface area contributed by atoms with Crippen LogP contribution in [0.1, 0.15) is 18.1 Å². The summed E-state index contributed by atoms with van der Waals surface area (Å²) in [5.74, 6) is 0.122. The first-order chi connectivity index (χ1) is 11.2. The summed E-state index contributed by atoms with van der Waals surface area (Å²) in [5.41, 5.74) is 12.1. The van der Waals surface area contributed by atoms with Crippen molar-refractivity contribution in [1.29, 1.82) is 0 Å². The van der Waals surface area contributed by atoms with Gasteiger partial charge in [-0.3, -0.25) is 0 Å². The van der Waals surface area contributed by atoms with E-state index in [1.807, 2.05) is 17.9 Å². The third-order valence-electron chi connectivity index (χ3n) is 3.41. The summed E-state index contributed by atoms with van der Waals surface area (Å²) in [6.07, 6.45) is -2.51. The van der Waals surface area contributed by atoms with Crippen molar-refractivity contribution in [3.8, 4) is 0 Å². The fraction of sp³-hybridized carbons (Fsp3) is 0.333. The Hall–Kier alpha value is -1.64. The van der Waals surface area contributed by atoms with Gasteiger partial charge in [-0.15, -0.1) is 24.8 Å². The van der Waals surface area contributed by atoms with Crippen LogP contribution in [0.3, 0.4) is 0 Å². The second-order valence-electron chi connectivity index (χ2n) is 5.39. The van der Waals surface area contributed by atoms with E-state index in [1.54, 1.807) is 0 Å².